The van der Waals surface area contributed by atoms with E-state index in [-0.39, 0.29) is 5.54 Å². The van der Waals surface area contributed by atoms with Crippen molar-refractivity contribution in [2.45, 2.75) is 37.3 Å². The molecule has 3 rings (SSSR count). The summed E-state index contributed by atoms with van der Waals surface area (Å²) in [6.07, 6.45) is 3.90. The third kappa shape index (κ3) is 3.26. The SMILES string of the molecule is NC1CCC(N)(c2ccc(Oc3ccccc3)cc2)CC1. The molecule has 1 saturated carbocycles. The van der Waals surface area contributed by atoms with Gasteiger partial charge in [0.05, 0.1) is 0 Å². The smallest absolute Gasteiger partial charge is 0.127 e. The molecular weight excluding hydrogens is 260 g/mol. The molecule has 0 aliphatic heterocycles. The standard InChI is InChI=1S/C18H22N2O/c19-15-10-12-18(20,13-11-15)14-6-8-17(9-7-14)21-16-4-2-1-3-5-16/h1-9,15H,10-13,19-20H2. The lowest BCUT2D eigenvalue weighted by molar-refractivity contribution is 0.277. The van der Waals surface area contributed by atoms with Crippen LogP contribution >= 0.6 is 0 Å². The zero-order valence-corrected chi connectivity index (χ0v) is 12.2. The van der Waals surface area contributed by atoms with Crippen LogP contribution in [0.4, 0.5) is 0 Å². The van der Waals surface area contributed by atoms with Gasteiger partial charge in [0.2, 0.25) is 0 Å². The molecule has 0 saturated heterocycles. The fraction of sp³-hybridized carbons (Fsp3) is 0.333. The van der Waals surface area contributed by atoms with Gasteiger partial charge in [0.25, 0.3) is 0 Å². The fourth-order valence-corrected chi connectivity index (χ4v) is 2.92. The van der Waals surface area contributed by atoms with Crippen LogP contribution in [0.3, 0.4) is 0 Å². The van der Waals surface area contributed by atoms with Crippen molar-refractivity contribution in [1.29, 1.82) is 0 Å². The van der Waals surface area contributed by atoms with E-state index in [9.17, 15) is 0 Å². The third-order valence-electron chi connectivity index (χ3n) is 4.33. The molecule has 1 aliphatic rings. The van der Waals surface area contributed by atoms with E-state index >= 15 is 0 Å². The number of hydrogen-bond acceptors (Lipinski definition) is 3. The van der Waals surface area contributed by atoms with Gasteiger partial charge >= 0.3 is 0 Å². The molecule has 0 aromatic heterocycles. The van der Waals surface area contributed by atoms with Gasteiger partial charge in [0.15, 0.2) is 0 Å². The third-order valence-corrected chi connectivity index (χ3v) is 4.33. The fourth-order valence-electron chi connectivity index (χ4n) is 2.92. The largest absolute Gasteiger partial charge is 0.457 e. The summed E-state index contributed by atoms with van der Waals surface area (Å²) in [7, 11) is 0. The predicted octanol–water partition coefficient (Wildman–Crippen LogP) is 3.53. The van der Waals surface area contributed by atoms with Gasteiger partial charge in [-0.2, -0.15) is 0 Å². The predicted molar refractivity (Wildman–Crippen MR) is 85.3 cm³/mol. The minimum Gasteiger partial charge on any atom is -0.457 e. The van der Waals surface area contributed by atoms with Crippen molar-refractivity contribution in [3.8, 4) is 11.5 Å². The molecule has 0 bridgehead atoms. The van der Waals surface area contributed by atoms with E-state index in [1.807, 2.05) is 42.5 Å². The topological polar surface area (TPSA) is 61.3 Å². The number of nitrogens with two attached hydrogens (primary N) is 2. The van der Waals surface area contributed by atoms with Crippen LogP contribution in [0.1, 0.15) is 31.2 Å². The quantitative estimate of drug-likeness (QED) is 0.905. The molecule has 0 radical (unpaired) electrons. The first kappa shape index (κ1) is 14.1. The van der Waals surface area contributed by atoms with Gasteiger partial charge in [0, 0.05) is 11.6 Å². The van der Waals surface area contributed by atoms with Gasteiger partial charge < -0.3 is 16.2 Å². The zero-order chi connectivity index (χ0) is 14.7. The second-order valence-corrected chi connectivity index (χ2v) is 5.93. The van der Waals surface area contributed by atoms with Gasteiger partial charge in [-0.15, -0.1) is 0 Å². The highest BCUT2D eigenvalue weighted by atomic mass is 16.5. The molecule has 4 N–H and O–H groups in total. The monoisotopic (exact) mass is 282 g/mol. The first-order valence-corrected chi connectivity index (χ1v) is 7.54. The van der Waals surface area contributed by atoms with Gasteiger partial charge in [0.1, 0.15) is 11.5 Å². The number of benzene rings is 2. The van der Waals surface area contributed by atoms with Crippen molar-refractivity contribution in [3.63, 3.8) is 0 Å². The van der Waals surface area contributed by atoms with Crippen LogP contribution in [0.15, 0.2) is 54.6 Å². The lowest BCUT2D eigenvalue weighted by atomic mass is 9.76. The Morgan fingerprint density at radius 3 is 2.05 bits per heavy atom. The minimum atomic E-state index is -0.235. The highest BCUT2D eigenvalue weighted by molar-refractivity contribution is 5.35. The molecule has 21 heavy (non-hydrogen) atoms. The molecule has 0 spiro atoms. The van der Waals surface area contributed by atoms with Crippen molar-refractivity contribution >= 4 is 0 Å². The van der Waals surface area contributed by atoms with Crippen molar-refractivity contribution < 1.29 is 4.74 Å². The molecule has 2 aromatic rings. The van der Waals surface area contributed by atoms with Crippen molar-refractivity contribution in [3.05, 3.63) is 60.2 Å². The zero-order valence-electron chi connectivity index (χ0n) is 12.2. The number of ether oxygens (including phenoxy) is 1. The van der Waals surface area contributed by atoms with Crippen molar-refractivity contribution in [2.75, 3.05) is 0 Å². The van der Waals surface area contributed by atoms with E-state index in [0.717, 1.165) is 37.2 Å². The first-order chi connectivity index (χ1) is 10.2. The highest BCUT2D eigenvalue weighted by Crippen LogP contribution is 2.35. The summed E-state index contributed by atoms with van der Waals surface area (Å²) < 4.78 is 5.81. The Bertz CT molecular complexity index is 572. The summed E-state index contributed by atoms with van der Waals surface area (Å²) in [5, 5.41) is 0. The maximum absolute atomic E-state index is 6.55. The summed E-state index contributed by atoms with van der Waals surface area (Å²) in [5.74, 6) is 1.68. The van der Waals surface area contributed by atoms with Gasteiger partial charge in [-0.25, -0.2) is 0 Å². The van der Waals surface area contributed by atoms with Crippen LogP contribution in [-0.4, -0.2) is 6.04 Å². The maximum atomic E-state index is 6.55. The molecular formula is C18H22N2O. The van der Waals surface area contributed by atoms with Crippen LogP contribution in [-0.2, 0) is 5.54 Å². The molecule has 2 aromatic carbocycles. The lowest BCUT2D eigenvalue weighted by Gasteiger charge is -2.36. The molecule has 3 heteroatoms. The summed E-state index contributed by atoms with van der Waals surface area (Å²) in [5.41, 5.74) is 13.5. The van der Waals surface area contributed by atoms with Crippen LogP contribution in [0, 0.1) is 0 Å². The van der Waals surface area contributed by atoms with Gasteiger partial charge in [-0.05, 0) is 55.5 Å². The second kappa shape index (κ2) is 5.88. The summed E-state index contributed by atoms with van der Waals surface area (Å²) in [6, 6.07) is 18.2. The Hall–Kier alpha value is -1.84. The van der Waals surface area contributed by atoms with Crippen LogP contribution in [0.25, 0.3) is 0 Å². The van der Waals surface area contributed by atoms with E-state index in [4.69, 9.17) is 16.2 Å². The lowest BCUT2D eigenvalue weighted by Crippen LogP contribution is -2.43. The molecule has 0 unspecified atom stereocenters. The van der Waals surface area contributed by atoms with Crippen LogP contribution < -0.4 is 16.2 Å². The Morgan fingerprint density at radius 1 is 0.857 bits per heavy atom. The van der Waals surface area contributed by atoms with Crippen LogP contribution in [0.5, 0.6) is 11.5 Å². The average Bonchev–Trinajstić information content (AvgIpc) is 2.52. The molecule has 0 heterocycles. The van der Waals surface area contributed by atoms with Crippen molar-refractivity contribution in [1.82, 2.24) is 0 Å². The second-order valence-electron chi connectivity index (χ2n) is 5.93. The molecule has 1 fully saturated rings. The number of rotatable bonds is 3. The summed E-state index contributed by atoms with van der Waals surface area (Å²) >= 11 is 0. The van der Waals surface area contributed by atoms with Crippen LogP contribution in [0.2, 0.25) is 0 Å². The molecule has 3 nitrogen and oxygen atoms in total. The minimum absolute atomic E-state index is 0.235. The first-order valence-electron chi connectivity index (χ1n) is 7.54. The molecule has 110 valence electrons. The van der Waals surface area contributed by atoms with Gasteiger partial charge in [-0.3, -0.25) is 0 Å². The van der Waals surface area contributed by atoms with E-state index in [0.29, 0.717) is 6.04 Å². The average molecular weight is 282 g/mol. The van der Waals surface area contributed by atoms with E-state index in [1.54, 1.807) is 0 Å². The Kier molecular flexibility index (Phi) is 3.95. The molecule has 0 amide bonds. The normalized spacial score (nSPS) is 25.5. The van der Waals surface area contributed by atoms with Crippen molar-refractivity contribution in [2.24, 2.45) is 11.5 Å². The maximum Gasteiger partial charge on any atom is 0.127 e. The van der Waals surface area contributed by atoms with Gasteiger partial charge in [-0.1, -0.05) is 30.3 Å². The summed E-state index contributed by atoms with van der Waals surface area (Å²) in [4.78, 5) is 0. The Balaban J connectivity index is 1.72. The van der Waals surface area contributed by atoms with E-state index in [1.165, 1.54) is 5.56 Å². The van der Waals surface area contributed by atoms with E-state index in [2.05, 4.69) is 12.1 Å². The Morgan fingerprint density at radius 2 is 1.43 bits per heavy atom. The molecule has 1 aliphatic carbocycles. The number of para-hydroxylation sites is 1. The van der Waals surface area contributed by atoms with E-state index < -0.39 is 0 Å². The highest BCUT2D eigenvalue weighted by Gasteiger charge is 2.31. The number of hydrogen-bond donors (Lipinski definition) is 2. The summed E-state index contributed by atoms with van der Waals surface area (Å²) in [6.45, 7) is 0. The Labute approximate surface area is 125 Å². The molecule has 0 atom stereocenters.